The molecule has 1 aromatic rings. The minimum atomic E-state index is -4.48. The van der Waals surface area contributed by atoms with E-state index in [0.717, 1.165) is 18.2 Å². The van der Waals surface area contributed by atoms with E-state index in [1.807, 2.05) is 0 Å². The fraction of sp³-hybridized carbons (Fsp3) is 0.333. The molecule has 1 aliphatic rings. The second-order valence-corrected chi connectivity index (χ2v) is 6.23. The first-order chi connectivity index (χ1) is 8.76. The van der Waals surface area contributed by atoms with Crippen LogP contribution in [0.15, 0.2) is 28.0 Å². The van der Waals surface area contributed by atoms with Gasteiger partial charge in [0.15, 0.2) is 0 Å². The van der Waals surface area contributed by atoms with Gasteiger partial charge in [0.25, 0.3) is 0 Å². The molecule has 1 heterocycles. The molecule has 0 unspecified atom stereocenters. The van der Waals surface area contributed by atoms with Crippen molar-refractivity contribution >= 4 is 15.9 Å². The van der Waals surface area contributed by atoms with Crippen molar-refractivity contribution in [1.29, 1.82) is 0 Å². The Labute approximate surface area is 108 Å². The number of sulfone groups is 1. The molecule has 104 valence electrons. The molecule has 0 spiro atoms. The van der Waals surface area contributed by atoms with Gasteiger partial charge in [0.2, 0.25) is 9.84 Å². The molecule has 0 saturated heterocycles. The number of rotatable bonds is 3. The lowest BCUT2D eigenvalue weighted by atomic mass is 10.1. The zero-order chi connectivity index (χ0) is 14.3. The van der Waals surface area contributed by atoms with Crippen molar-refractivity contribution < 1.29 is 21.6 Å². The van der Waals surface area contributed by atoms with E-state index in [0.29, 0.717) is 13.0 Å². The zero-order valence-electron chi connectivity index (χ0n) is 9.87. The van der Waals surface area contributed by atoms with E-state index < -0.39 is 21.6 Å². The lowest BCUT2D eigenvalue weighted by Gasteiger charge is -2.08. The van der Waals surface area contributed by atoms with E-state index in [-0.39, 0.29) is 21.8 Å². The highest BCUT2D eigenvalue weighted by atomic mass is 32.2. The van der Waals surface area contributed by atoms with Gasteiger partial charge in [-0.2, -0.15) is 13.2 Å². The molecule has 1 aliphatic heterocycles. The molecule has 1 aromatic carbocycles. The van der Waals surface area contributed by atoms with Crippen LogP contribution in [-0.2, 0) is 16.0 Å². The fourth-order valence-electron chi connectivity index (χ4n) is 1.96. The SMILES string of the molecule is NCCCC1=Cc2cc(C(F)(F)F)ccc2S1(=O)=O. The normalized spacial score (nSPS) is 17.2. The summed E-state index contributed by atoms with van der Waals surface area (Å²) in [5.41, 5.74) is 4.56. The molecule has 2 N–H and O–H groups in total. The van der Waals surface area contributed by atoms with Crippen molar-refractivity contribution in [1.82, 2.24) is 0 Å². The van der Waals surface area contributed by atoms with Crippen molar-refractivity contribution in [2.45, 2.75) is 23.9 Å². The molecule has 0 aliphatic carbocycles. The molecular weight excluding hydrogens is 279 g/mol. The Morgan fingerprint density at radius 1 is 1.21 bits per heavy atom. The molecule has 2 rings (SSSR count). The number of nitrogens with two attached hydrogens (primary N) is 1. The average Bonchev–Trinajstić information content (AvgIpc) is 2.57. The Kier molecular flexibility index (Phi) is 3.44. The number of halogens is 3. The van der Waals surface area contributed by atoms with Crippen LogP contribution in [0.5, 0.6) is 0 Å². The van der Waals surface area contributed by atoms with Gasteiger partial charge >= 0.3 is 6.18 Å². The largest absolute Gasteiger partial charge is 0.416 e. The summed E-state index contributed by atoms with van der Waals surface area (Å²) in [6, 6.07) is 2.66. The standard InChI is InChI=1S/C12H12F3NO2S/c13-12(14,15)9-3-4-11-8(6-9)7-10(2-1-5-16)19(11,17)18/h3-4,6-7H,1-2,5,16H2. The van der Waals surface area contributed by atoms with E-state index in [2.05, 4.69) is 0 Å². The number of hydrogen-bond acceptors (Lipinski definition) is 3. The highest BCUT2D eigenvalue weighted by Gasteiger charge is 2.34. The van der Waals surface area contributed by atoms with Gasteiger partial charge in [0.05, 0.1) is 10.5 Å². The van der Waals surface area contributed by atoms with Crippen LogP contribution < -0.4 is 5.73 Å². The Bertz CT molecular complexity index is 633. The highest BCUT2D eigenvalue weighted by molar-refractivity contribution is 7.95. The van der Waals surface area contributed by atoms with Crippen LogP contribution in [0.2, 0.25) is 0 Å². The van der Waals surface area contributed by atoms with Crippen LogP contribution in [0.25, 0.3) is 6.08 Å². The second-order valence-electron chi connectivity index (χ2n) is 4.26. The van der Waals surface area contributed by atoms with Crippen LogP contribution in [0.4, 0.5) is 13.2 Å². The van der Waals surface area contributed by atoms with Gasteiger partial charge in [-0.3, -0.25) is 0 Å². The maximum atomic E-state index is 12.6. The molecule has 3 nitrogen and oxygen atoms in total. The summed E-state index contributed by atoms with van der Waals surface area (Å²) in [4.78, 5) is 0.0693. The van der Waals surface area contributed by atoms with Crippen molar-refractivity contribution in [3.8, 4) is 0 Å². The first-order valence-electron chi connectivity index (χ1n) is 5.64. The first-order valence-corrected chi connectivity index (χ1v) is 7.12. The van der Waals surface area contributed by atoms with Gasteiger partial charge < -0.3 is 5.73 Å². The van der Waals surface area contributed by atoms with E-state index >= 15 is 0 Å². The lowest BCUT2D eigenvalue weighted by Crippen LogP contribution is -2.07. The third-order valence-corrected chi connectivity index (χ3v) is 4.88. The Morgan fingerprint density at radius 2 is 1.89 bits per heavy atom. The third kappa shape index (κ3) is 2.52. The van der Waals surface area contributed by atoms with E-state index in [4.69, 9.17) is 5.73 Å². The maximum Gasteiger partial charge on any atom is 0.416 e. The smallest absolute Gasteiger partial charge is 0.330 e. The number of alkyl halides is 3. The molecule has 0 saturated carbocycles. The van der Waals surface area contributed by atoms with Gasteiger partial charge in [-0.1, -0.05) is 0 Å². The summed E-state index contributed by atoms with van der Waals surface area (Å²) in [6.45, 7) is 0.330. The summed E-state index contributed by atoms with van der Waals surface area (Å²) < 4.78 is 61.8. The molecule has 7 heteroatoms. The summed E-state index contributed by atoms with van der Waals surface area (Å²) in [5.74, 6) is 0. The second kappa shape index (κ2) is 4.64. The van der Waals surface area contributed by atoms with Gasteiger partial charge in [-0.05, 0) is 49.2 Å². The first kappa shape index (κ1) is 14.1. The molecule has 19 heavy (non-hydrogen) atoms. The highest BCUT2D eigenvalue weighted by Crippen LogP contribution is 2.38. The fourth-order valence-corrected chi connectivity index (χ4v) is 3.61. The Morgan fingerprint density at radius 3 is 2.47 bits per heavy atom. The van der Waals surface area contributed by atoms with Crippen molar-refractivity contribution in [2.75, 3.05) is 6.54 Å². The van der Waals surface area contributed by atoms with Crippen LogP contribution in [0.1, 0.15) is 24.0 Å². The van der Waals surface area contributed by atoms with Crippen molar-refractivity contribution in [3.63, 3.8) is 0 Å². The predicted octanol–water partition coefficient (Wildman–Crippen LogP) is 2.57. The summed E-state index contributed by atoms with van der Waals surface area (Å²) in [6.07, 6.45) is -2.46. The minimum Gasteiger partial charge on any atom is -0.330 e. The summed E-state index contributed by atoms with van der Waals surface area (Å²) in [7, 11) is -3.64. The minimum absolute atomic E-state index is 0.0625. The van der Waals surface area contributed by atoms with E-state index in [9.17, 15) is 21.6 Å². The van der Waals surface area contributed by atoms with Crippen molar-refractivity contribution in [3.05, 3.63) is 34.2 Å². The monoisotopic (exact) mass is 291 g/mol. The number of hydrogen-bond donors (Lipinski definition) is 1. The number of fused-ring (bicyclic) bond motifs is 1. The van der Waals surface area contributed by atoms with Crippen molar-refractivity contribution in [2.24, 2.45) is 5.73 Å². The van der Waals surface area contributed by atoms with Crippen LogP contribution in [-0.4, -0.2) is 15.0 Å². The van der Waals surface area contributed by atoms with Gasteiger partial charge in [-0.15, -0.1) is 0 Å². The summed E-state index contributed by atoms with van der Waals surface area (Å²) >= 11 is 0. The van der Waals surface area contributed by atoms with Gasteiger partial charge in [-0.25, -0.2) is 8.42 Å². The van der Waals surface area contributed by atoms with E-state index in [1.165, 1.54) is 6.08 Å². The zero-order valence-corrected chi connectivity index (χ0v) is 10.7. The predicted molar refractivity (Wildman–Crippen MR) is 64.9 cm³/mol. The topological polar surface area (TPSA) is 60.2 Å². The van der Waals surface area contributed by atoms with Crippen LogP contribution >= 0.6 is 0 Å². The quantitative estimate of drug-likeness (QED) is 0.931. The Hall–Kier alpha value is -1.34. The van der Waals surface area contributed by atoms with E-state index in [1.54, 1.807) is 0 Å². The van der Waals surface area contributed by atoms with Gasteiger partial charge in [0.1, 0.15) is 0 Å². The van der Waals surface area contributed by atoms with Gasteiger partial charge in [0, 0.05) is 4.91 Å². The molecular formula is C12H12F3NO2S. The Balaban J connectivity index is 2.46. The molecule has 0 bridgehead atoms. The summed E-state index contributed by atoms with van der Waals surface area (Å²) in [5, 5.41) is 0. The molecule has 0 amide bonds. The molecule has 0 aromatic heterocycles. The van der Waals surface area contributed by atoms with Crippen LogP contribution in [0, 0.1) is 0 Å². The number of benzene rings is 1. The van der Waals surface area contributed by atoms with Crippen LogP contribution in [0.3, 0.4) is 0 Å². The lowest BCUT2D eigenvalue weighted by molar-refractivity contribution is -0.137. The number of allylic oxidation sites excluding steroid dienone is 1. The third-order valence-electron chi connectivity index (χ3n) is 2.92. The molecule has 0 fully saturated rings. The average molecular weight is 291 g/mol. The maximum absolute atomic E-state index is 12.6. The molecule has 0 radical (unpaired) electrons. The molecule has 0 atom stereocenters.